The van der Waals surface area contributed by atoms with Crippen molar-refractivity contribution in [3.63, 3.8) is 0 Å². The Morgan fingerprint density at radius 3 is 2.30 bits per heavy atom. The summed E-state index contributed by atoms with van der Waals surface area (Å²) in [6, 6.07) is 7.10. The molecule has 1 N–H and O–H groups in total. The van der Waals surface area contributed by atoms with E-state index in [0.29, 0.717) is 36.7 Å². The molecule has 0 bridgehead atoms. The van der Waals surface area contributed by atoms with Crippen LogP contribution in [0, 0.1) is 0 Å². The zero-order valence-corrected chi connectivity index (χ0v) is 14.5. The summed E-state index contributed by atoms with van der Waals surface area (Å²) in [5, 5.41) is 2.82. The third-order valence-corrected chi connectivity index (χ3v) is 6.08. The van der Waals surface area contributed by atoms with Gasteiger partial charge in [-0.3, -0.25) is 4.79 Å². The summed E-state index contributed by atoms with van der Waals surface area (Å²) in [7, 11) is -3.46. The van der Waals surface area contributed by atoms with Crippen LogP contribution in [0.4, 0.5) is 0 Å². The predicted molar refractivity (Wildman–Crippen MR) is 90.7 cm³/mol. The van der Waals surface area contributed by atoms with E-state index in [-0.39, 0.29) is 11.9 Å². The molecule has 1 aliphatic rings. The first-order chi connectivity index (χ1) is 10.8. The summed E-state index contributed by atoms with van der Waals surface area (Å²) in [6.45, 7) is 8.40. The molecule has 0 aliphatic carbocycles. The van der Waals surface area contributed by atoms with Crippen LogP contribution in [-0.2, 0) is 14.8 Å². The van der Waals surface area contributed by atoms with Crippen molar-refractivity contribution in [2.24, 2.45) is 0 Å². The first kappa shape index (κ1) is 17.7. The second-order valence-electron chi connectivity index (χ2n) is 6.11. The molecule has 1 fully saturated rings. The number of carbonyl (C=O) groups excluding carboxylic acids is 1. The lowest BCUT2D eigenvalue weighted by atomic mass is 10.0. The molecular weight excluding hydrogens is 312 g/mol. The average Bonchev–Trinajstić information content (AvgIpc) is 2.55. The minimum atomic E-state index is -3.46. The van der Waals surface area contributed by atoms with E-state index in [2.05, 4.69) is 25.7 Å². The van der Waals surface area contributed by atoms with Gasteiger partial charge in [-0.05, 0) is 42.5 Å². The smallest absolute Gasteiger partial charge is 0.243 e. The maximum Gasteiger partial charge on any atom is 0.243 e. The lowest BCUT2D eigenvalue weighted by Gasteiger charge is -2.31. The van der Waals surface area contributed by atoms with Gasteiger partial charge >= 0.3 is 0 Å². The van der Waals surface area contributed by atoms with Gasteiger partial charge in [0.1, 0.15) is 0 Å². The van der Waals surface area contributed by atoms with Crippen molar-refractivity contribution in [2.45, 2.75) is 43.5 Å². The number of hydrogen-bond acceptors (Lipinski definition) is 3. The number of amides is 1. The van der Waals surface area contributed by atoms with E-state index in [1.807, 2.05) is 12.1 Å². The van der Waals surface area contributed by atoms with Gasteiger partial charge in [0, 0.05) is 19.1 Å². The Labute approximate surface area is 138 Å². The van der Waals surface area contributed by atoms with E-state index in [0.717, 1.165) is 5.56 Å². The zero-order chi connectivity index (χ0) is 17.0. The SMILES string of the molecule is C=CC(=O)NC1CCN(S(=O)(=O)c2ccc(C(C)C)cc2)CC1. The summed E-state index contributed by atoms with van der Waals surface area (Å²) in [4.78, 5) is 11.6. The number of hydrogen-bond donors (Lipinski definition) is 1. The van der Waals surface area contributed by atoms with Gasteiger partial charge in [0.2, 0.25) is 15.9 Å². The molecule has 1 heterocycles. The highest BCUT2D eigenvalue weighted by atomic mass is 32.2. The molecule has 0 unspecified atom stereocenters. The molecule has 0 spiro atoms. The standard InChI is InChI=1S/C17H24N2O3S/c1-4-17(20)18-15-9-11-19(12-10-15)23(21,22)16-7-5-14(6-8-16)13(2)3/h4-8,13,15H,1,9-12H2,2-3H3,(H,18,20). The van der Waals surface area contributed by atoms with Gasteiger partial charge in [-0.15, -0.1) is 0 Å². The highest BCUT2D eigenvalue weighted by Crippen LogP contribution is 2.23. The number of benzene rings is 1. The summed E-state index contributed by atoms with van der Waals surface area (Å²) in [5.41, 5.74) is 1.12. The van der Waals surface area contributed by atoms with Crippen LogP contribution in [0.25, 0.3) is 0 Å². The van der Waals surface area contributed by atoms with Gasteiger partial charge in [-0.25, -0.2) is 8.42 Å². The van der Waals surface area contributed by atoms with E-state index >= 15 is 0 Å². The number of rotatable bonds is 5. The van der Waals surface area contributed by atoms with Crippen LogP contribution in [0.3, 0.4) is 0 Å². The van der Waals surface area contributed by atoms with Crippen molar-refractivity contribution in [2.75, 3.05) is 13.1 Å². The fraction of sp³-hybridized carbons (Fsp3) is 0.471. The number of sulfonamides is 1. The second kappa shape index (κ2) is 7.27. The maximum atomic E-state index is 12.7. The van der Waals surface area contributed by atoms with Gasteiger partial charge in [-0.1, -0.05) is 32.6 Å². The van der Waals surface area contributed by atoms with Crippen molar-refractivity contribution < 1.29 is 13.2 Å². The quantitative estimate of drug-likeness (QED) is 0.839. The molecule has 1 aromatic carbocycles. The molecular formula is C17H24N2O3S. The second-order valence-corrected chi connectivity index (χ2v) is 8.05. The lowest BCUT2D eigenvalue weighted by Crippen LogP contribution is -2.46. The van der Waals surface area contributed by atoms with Crippen LogP contribution in [0.1, 0.15) is 38.2 Å². The maximum absolute atomic E-state index is 12.7. The lowest BCUT2D eigenvalue weighted by molar-refractivity contribution is -0.117. The van der Waals surface area contributed by atoms with E-state index in [4.69, 9.17) is 0 Å². The van der Waals surface area contributed by atoms with E-state index in [1.54, 1.807) is 12.1 Å². The van der Waals surface area contributed by atoms with Crippen LogP contribution >= 0.6 is 0 Å². The van der Waals surface area contributed by atoms with E-state index in [9.17, 15) is 13.2 Å². The Kier molecular flexibility index (Phi) is 5.59. The molecule has 1 amide bonds. The highest BCUT2D eigenvalue weighted by molar-refractivity contribution is 7.89. The molecule has 0 atom stereocenters. The van der Waals surface area contributed by atoms with Crippen molar-refractivity contribution in [3.8, 4) is 0 Å². The highest BCUT2D eigenvalue weighted by Gasteiger charge is 2.29. The van der Waals surface area contributed by atoms with Gasteiger partial charge in [0.25, 0.3) is 0 Å². The summed E-state index contributed by atoms with van der Waals surface area (Å²) in [5.74, 6) is 0.159. The Bertz CT molecular complexity index is 658. The first-order valence-corrected chi connectivity index (χ1v) is 9.31. The van der Waals surface area contributed by atoms with E-state index in [1.165, 1.54) is 10.4 Å². The zero-order valence-electron chi connectivity index (χ0n) is 13.7. The van der Waals surface area contributed by atoms with Crippen LogP contribution in [0.15, 0.2) is 41.8 Å². The predicted octanol–water partition coefficient (Wildman–Crippen LogP) is 2.27. The van der Waals surface area contributed by atoms with Gasteiger partial charge in [0.05, 0.1) is 4.90 Å². The van der Waals surface area contributed by atoms with Crippen molar-refractivity contribution in [1.82, 2.24) is 9.62 Å². The molecule has 0 aromatic heterocycles. The number of piperidine rings is 1. The van der Waals surface area contributed by atoms with Gasteiger partial charge < -0.3 is 5.32 Å². The Hall–Kier alpha value is -1.66. The van der Waals surface area contributed by atoms with E-state index < -0.39 is 10.0 Å². The Morgan fingerprint density at radius 2 is 1.83 bits per heavy atom. The largest absolute Gasteiger partial charge is 0.350 e. The monoisotopic (exact) mass is 336 g/mol. The first-order valence-electron chi connectivity index (χ1n) is 7.87. The van der Waals surface area contributed by atoms with Crippen LogP contribution in [0.2, 0.25) is 0 Å². The summed E-state index contributed by atoms with van der Waals surface area (Å²) in [6.07, 6.45) is 2.46. The fourth-order valence-electron chi connectivity index (χ4n) is 2.67. The third kappa shape index (κ3) is 4.20. The molecule has 1 aliphatic heterocycles. The van der Waals surface area contributed by atoms with Crippen molar-refractivity contribution in [3.05, 3.63) is 42.5 Å². The third-order valence-electron chi connectivity index (χ3n) is 4.17. The molecule has 2 rings (SSSR count). The molecule has 5 nitrogen and oxygen atoms in total. The number of nitrogens with one attached hydrogen (secondary N) is 1. The number of nitrogens with zero attached hydrogens (tertiary/aromatic N) is 1. The molecule has 6 heteroatoms. The Morgan fingerprint density at radius 1 is 1.26 bits per heavy atom. The molecule has 1 aromatic rings. The van der Waals surface area contributed by atoms with Gasteiger partial charge in [0.15, 0.2) is 0 Å². The molecule has 0 saturated carbocycles. The minimum absolute atomic E-state index is 0.00951. The minimum Gasteiger partial charge on any atom is -0.350 e. The summed E-state index contributed by atoms with van der Waals surface area (Å²) < 4.78 is 26.8. The molecule has 1 saturated heterocycles. The van der Waals surface area contributed by atoms with Crippen LogP contribution in [0.5, 0.6) is 0 Å². The average molecular weight is 336 g/mol. The fourth-order valence-corrected chi connectivity index (χ4v) is 4.14. The molecule has 126 valence electrons. The number of carbonyl (C=O) groups is 1. The van der Waals surface area contributed by atoms with Crippen LogP contribution in [-0.4, -0.2) is 37.8 Å². The topological polar surface area (TPSA) is 66.5 Å². The van der Waals surface area contributed by atoms with Crippen molar-refractivity contribution >= 4 is 15.9 Å². The summed E-state index contributed by atoms with van der Waals surface area (Å²) >= 11 is 0. The van der Waals surface area contributed by atoms with Crippen LogP contribution < -0.4 is 5.32 Å². The Balaban J connectivity index is 2.04. The molecule has 23 heavy (non-hydrogen) atoms. The van der Waals surface area contributed by atoms with Gasteiger partial charge in [-0.2, -0.15) is 4.31 Å². The van der Waals surface area contributed by atoms with Crippen molar-refractivity contribution in [1.29, 1.82) is 0 Å². The normalized spacial score (nSPS) is 17.2. The molecule has 0 radical (unpaired) electrons.